The van der Waals surface area contributed by atoms with Gasteiger partial charge >= 0.3 is 0 Å². The third kappa shape index (κ3) is 6.72. The van der Waals surface area contributed by atoms with Crippen molar-refractivity contribution in [3.63, 3.8) is 0 Å². The number of H-pyrrole nitrogens is 1. The first kappa shape index (κ1) is 34.8. The Morgan fingerprint density at radius 2 is 1.75 bits per heavy atom. The fourth-order valence-electron chi connectivity index (χ4n) is 7.02. The summed E-state index contributed by atoms with van der Waals surface area (Å²) in [5, 5.41) is 8.32. The quantitative estimate of drug-likeness (QED) is 0.217. The Kier molecular flexibility index (Phi) is 9.71. The number of rotatable bonds is 9. The molecular formula is C38H41F2N9O3. The molecule has 6 heterocycles. The van der Waals surface area contributed by atoms with Crippen LogP contribution < -0.4 is 9.64 Å². The Labute approximate surface area is 300 Å². The molecule has 2 aliphatic heterocycles. The highest BCUT2D eigenvalue weighted by molar-refractivity contribution is 6.05. The maximum absolute atomic E-state index is 16.7. The van der Waals surface area contributed by atoms with E-state index in [1.165, 1.54) is 13.2 Å². The van der Waals surface area contributed by atoms with Gasteiger partial charge in [-0.25, -0.2) is 13.8 Å². The smallest absolute Gasteiger partial charge is 0.270 e. The zero-order valence-electron chi connectivity index (χ0n) is 29.7. The molecule has 1 aromatic carbocycles. The highest BCUT2D eigenvalue weighted by atomic mass is 19.1. The third-order valence-corrected chi connectivity index (χ3v) is 9.94. The average Bonchev–Trinajstić information content (AvgIpc) is 3.86. The zero-order valence-corrected chi connectivity index (χ0v) is 29.7. The molecule has 0 aliphatic carbocycles. The molecule has 0 atom stereocenters. The number of carbonyl (C=O) groups excluding carboxylic acids is 2. The van der Waals surface area contributed by atoms with Gasteiger partial charge in [0.2, 0.25) is 5.91 Å². The van der Waals surface area contributed by atoms with E-state index in [2.05, 4.69) is 20.3 Å². The zero-order chi connectivity index (χ0) is 36.5. The molecule has 14 heteroatoms. The molecular weight excluding hydrogens is 668 g/mol. The number of piperazine rings is 1. The van der Waals surface area contributed by atoms with Crippen molar-refractivity contribution in [3.8, 4) is 16.9 Å². The minimum absolute atomic E-state index is 0.0466. The molecule has 270 valence electrons. The Balaban J connectivity index is 1.19. The van der Waals surface area contributed by atoms with Crippen LogP contribution in [0, 0.1) is 25.5 Å². The topological polar surface area (TPSA) is 125 Å². The summed E-state index contributed by atoms with van der Waals surface area (Å²) in [5.41, 5.74) is 5.17. The Morgan fingerprint density at radius 1 is 0.942 bits per heavy atom. The molecule has 0 bridgehead atoms. The van der Waals surface area contributed by atoms with E-state index in [1.807, 2.05) is 43.0 Å². The molecule has 1 N–H and O–H groups in total. The van der Waals surface area contributed by atoms with Crippen molar-refractivity contribution in [2.45, 2.75) is 46.6 Å². The van der Waals surface area contributed by atoms with Crippen molar-refractivity contribution >= 4 is 34.1 Å². The second kappa shape index (κ2) is 14.5. The van der Waals surface area contributed by atoms with Crippen LogP contribution in [0.1, 0.15) is 52.9 Å². The number of pyridine rings is 2. The molecule has 1 fully saturated rings. The predicted molar refractivity (Wildman–Crippen MR) is 193 cm³/mol. The van der Waals surface area contributed by atoms with E-state index in [0.29, 0.717) is 73.8 Å². The minimum atomic E-state index is -0.480. The van der Waals surface area contributed by atoms with Gasteiger partial charge in [0.15, 0.2) is 17.4 Å². The van der Waals surface area contributed by atoms with Crippen LogP contribution in [0.25, 0.3) is 27.6 Å². The van der Waals surface area contributed by atoms with Gasteiger partial charge in [-0.05, 0) is 56.0 Å². The van der Waals surface area contributed by atoms with E-state index >= 15 is 4.39 Å². The maximum Gasteiger partial charge on any atom is 0.270 e. The summed E-state index contributed by atoms with van der Waals surface area (Å²) in [5.74, 6) is -0.359. The lowest BCUT2D eigenvalue weighted by molar-refractivity contribution is -0.131. The van der Waals surface area contributed by atoms with Gasteiger partial charge in [0, 0.05) is 85.9 Å². The molecule has 5 aromatic rings. The molecule has 52 heavy (non-hydrogen) atoms. The van der Waals surface area contributed by atoms with Gasteiger partial charge in [-0.1, -0.05) is 24.3 Å². The summed E-state index contributed by atoms with van der Waals surface area (Å²) in [7, 11) is 1.47. The normalized spacial score (nSPS) is 15.0. The number of amides is 2. The summed E-state index contributed by atoms with van der Waals surface area (Å²) in [6.45, 7) is 8.46. The molecule has 12 nitrogen and oxygen atoms in total. The van der Waals surface area contributed by atoms with Crippen LogP contribution in [0.2, 0.25) is 0 Å². The van der Waals surface area contributed by atoms with Crippen molar-refractivity contribution in [3.05, 3.63) is 88.8 Å². The van der Waals surface area contributed by atoms with Crippen molar-refractivity contribution in [1.29, 1.82) is 0 Å². The highest BCUT2D eigenvalue weighted by Crippen LogP contribution is 2.38. The second-order valence-corrected chi connectivity index (χ2v) is 13.2. The van der Waals surface area contributed by atoms with Gasteiger partial charge in [-0.15, -0.1) is 5.10 Å². The second-order valence-electron chi connectivity index (χ2n) is 13.2. The molecule has 7 rings (SSSR count). The number of nitrogens with one attached hydrogen (secondary N) is 1. The number of hydrogen-bond acceptors (Lipinski definition) is 8. The van der Waals surface area contributed by atoms with Gasteiger partial charge < -0.3 is 24.4 Å². The lowest BCUT2D eigenvalue weighted by atomic mass is 9.92. The number of anilines is 1. The highest BCUT2D eigenvalue weighted by Gasteiger charge is 2.29. The number of benzene rings is 1. The maximum atomic E-state index is 16.7. The number of methoxy groups -OCH3 is 1. The first-order chi connectivity index (χ1) is 25.1. The van der Waals surface area contributed by atoms with Crippen LogP contribution in [0.4, 0.5) is 14.6 Å². The van der Waals surface area contributed by atoms with E-state index in [4.69, 9.17) is 9.72 Å². The molecule has 1 saturated heterocycles. The Bertz CT molecular complexity index is 2170. The standard InChI is InChI=1S/C38H41F2N9O3/c1-5-26-8-9-27(23(2)42-26)29-19-28(25-7-6-12-48(22-25)34(50)10-13-49-14-11-41-45-49)35(40)36-30(29)20-32(44-36)38(51)47-17-15-46(16-18-47)37-33(52-4)21-31(39)24(3)43-37/h7-9,11,14,19-21,44H,5-6,10,12-13,15-18,22H2,1-4H3. The molecule has 4 aromatic heterocycles. The Morgan fingerprint density at radius 3 is 2.46 bits per heavy atom. The molecule has 0 unspecified atom stereocenters. The number of halogens is 2. The van der Waals surface area contributed by atoms with Crippen LogP contribution in [0.5, 0.6) is 5.75 Å². The van der Waals surface area contributed by atoms with E-state index in [1.54, 1.807) is 39.9 Å². The van der Waals surface area contributed by atoms with E-state index in [9.17, 15) is 14.0 Å². The summed E-state index contributed by atoms with van der Waals surface area (Å²) < 4.78 is 37.9. The van der Waals surface area contributed by atoms with Crippen LogP contribution in [-0.2, 0) is 17.8 Å². The SMILES string of the molecule is CCc1ccc(-c2cc(C3=CCCN(C(=O)CCn4ccnn4)C3)c(F)c3[nH]c(C(=O)N4CCN(c5nc(C)c(F)cc5OC)CC4)cc23)c(C)n1. The number of aromatic nitrogens is 6. The molecule has 2 amide bonds. The fraction of sp³-hybridized carbons (Fsp3) is 0.368. The average molecular weight is 710 g/mol. The number of carbonyl (C=O) groups is 2. The number of nitrogens with zero attached hydrogens (tertiary/aromatic N) is 8. The summed E-state index contributed by atoms with van der Waals surface area (Å²) in [4.78, 5) is 45.0. The van der Waals surface area contributed by atoms with Crippen LogP contribution in [0.3, 0.4) is 0 Å². The Hall–Kier alpha value is -5.66. The first-order valence-electron chi connectivity index (χ1n) is 17.5. The molecule has 0 radical (unpaired) electrons. The van der Waals surface area contributed by atoms with Gasteiger partial charge in [-0.3, -0.25) is 19.3 Å². The van der Waals surface area contributed by atoms with Crippen molar-refractivity contribution in [2.75, 3.05) is 51.3 Å². The van der Waals surface area contributed by atoms with Crippen molar-refractivity contribution < 1.29 is 23.1 Å². The van der Waals surface area contributed by atoms with Gasteiger partial charge in [0.05, 0.1) is 31.1 Å². The molecule has 0 spiro atoms. The summed E-state index contributed by atoms with van der Waals surface area (Å²) in [6, 6.07) is 8.85. The number of hydrogen-bond donors (Lipinski definition) is 1. The summed E-state index contributed by atoms with van der Waals surface area (Å²) in [6.07, 6.45) is 6.88. The number of aromatic amines is 1. The third-order valence-electron chi connectivity index (χ3n) is 9.94. The largest absolute Gasteiger partial charge is 0.493 e. The molecule has 0 saturated carbocycles. The van der Waals surface area contributed by atoms with Gasteiger partial charge in [-0.2, -0.15) is 0 Å². The van der Waals surface area contributed by atoms with E-state index in [0.717, 1.165) is 28.9 Å². The number of aryl methyl sites for hydroxylation is 4. The first-order valence-corrected chi connectivity index (χ1v) is 17.5. The van der Waals surface area contributed by atoms with Gasteiger partial charge in [0.1, 0.15) is 11.5 Å². The van der Waals surface area contributed by atoms with Gasteiger partial charge in [0.25, 0.3) is 5.91 Å². The monoisotopic (exact) mass is 709 g/mol. The van der Waals surface area contributed by atoms with Crippen molar-refractivity contribution in [1.82, 2.24) is 39.7 Å². The van der Waals surface area contributed by atoms with E-state index < -0.39 is 11.6 Å². The number of ether oxygens (including phenoxy) is 1. The molecule has 2 aliphatic rings. The minimum Gasteiger partial charge on any atom is -0.493 e. The van der Waals surface area contributed by atoms with Crippen LogP contribution >= 0.6 is 0 Å². The predicted octanol–water partition coefficient (Wildman–Crippen LogP) is 5.35. The van der Waals surface area contributed by atoms with Crippen LogP contribution in [0.15, 0.2) is 48.8 Å². The summed E-state index contributed by atoms with van der Waals surface area (Å²) >= 11 is 0. The lowest BCUT2D eigenvalue weighted by Gasteiger charge is -2.35. The lowest BCUT2D eigenvalue weighted by Crippen LogP contribution is -2.49. The number of fused-ring (bicyclic) bond motifs is 1. The van der Waals surface area contributed by atoms with E-state index in [-0.39, 0.29) is 41.7 Å². The van der Waals surface area contributed by atoms with Crippen molar-refractivity contribution in [2.24, 2.45) is 0 Å². The van der Waals surface area contributed by atoms with Crippen LogP contribution in [-0.4, -0.2) is 97.9 Å². The fourth-order valence-corrected chi connectivity index (χ4v) is 7.02.